The van der Waals surface area contributed by atoms with Gasteiger partial charge in [0.2, 0.25) is 0 Å². The topological polar surface area (TPSA) is 117 Å². The molecular formula is C37H30N6OS. The van der Waals surface area contributed by atoms with E-state index in [0.29, 0.717) is 10.8 Å². The second-order valence-corrected chi connectivity index (χ2v) is 11.8. The number of anilines is 10. The van der Waals surface area contributed by atoms with Gasteiger partial charge in [0.25, 0.3) is 0 Å². The van der Waals surface area contributed by atoms with E-state index in [-0.39, 0.29) is 5.43 Å². The van der Waals surface area contributed by atoms with Crippen LogP contribution in [-0.2, 0) is 0 Å². The van der Waals surface area contributed by atoms with E-state index in [2.05, 4.69) is 21.3 Å². The van der Waals surface area contributed by atoms with Crippen molar-refractivity contribution in [3.8, 4) is 0 Å². The summed E-state index contributed by atoms with van der Waals surface area (Å²) < 4.78 is 1.85. The van der Waals surface area contributed by atoms with Gasteiger partial charge in [0.1, 0.15) is 0 Å². The molecule has 0 atom stereocenters. The van der Waals surface area contributed by atoms with Crippen molar-refractivity contribution in [1.82, 2.24) is 0 Å². The van der Waals surface area contributed by atoms with Crippen LogP contribution in [0.1, 0.15) is 0 Å². The van der Waals surface area contributed by atoms with Gasteiger partial charge >= 0.3 is 0 Å². The first-order valence-corrected chi connectivity index (χ1v) is 15.3. The Morgan fingerprint density at radius 3 is 0.978 bits per heavy atom. The molecule has 45 heavy (non-hydrogen) atoms. The highest BCUT2D eigenvalue weighted by Crippen LogP contribution is 2.31. The number of nitrogen functional groups attached to an aromatic ring is 2. The van der Waals surface area contributed by atoms with Gasteiger partial charge in [-0.3, -0.25) is 4.79 Å². The van der Waals surface area contributed by atoms with Crippen LogP contribution in [-0.4, -0.2) is 0 Å². The molecular weight excluding hydrogens is 577 g/mol. The van der Waals surface area contributed by atoms with Gasteiger partial charge in [-0.15, -0.1) is 11.3 Å². The summed E-state index contributed by atoms with van der Waals surface area (Å²) in [4.78, 5) is 13.4. The van der Waals surface area contributed by atoms with Crippen LogP contribution in [0.3, 0.4) is 0 Å². The van der Waals surface area contributed by atoms with E-state index in [4.69, 9.17) is 11.5 Å². The van der Waals surface area contributed by atoms with Gasteiger partial charge < -0.3 is 32.7 Å². The first-order chi connectivity index (χ1) is 21.9. The van der Waals surface area contributed by atoms with E-state index in [0.717, 1.165) is 66.3 Å². The van der Waals surface area contributed by atoms with E-state index < -0.39 is 0 Å². The predicted octanol–water partition coefficient (Wildman–Crippen LogP) is 9.55. The molecule has 0 saturated carbocycles. The summed E-state index contributed by atoms with van der Waals surface area (Å²) in [6, 6.07) is 43.2. The fourth-order valence-corrected chi connectivity index (χ4v) is 6.23. The first kappa shape index (κ1) is 27.8. The molecule has 8 heteroatoms. The third-order valence-electron chi connectivity index (χ3n) is 7.42. The number of nitrogens with two attached hydrogens (primary N) is 2. The third kappa shape index (κ3) is 6.36. The monoisotopic (exact) mass is 606 g/mol. The maximum absolute atomic E-state index is 13.4. The van der Waals surface area contributed by atoms with Crippen molar-refractivity contribution in [3.63, 3.8) is 0 Å². The SMILES string of the molecule is Nc1ccc(Nc2ccc(Nc3ccc4c(=O)c5ccc(Nc6ccc(Nc7ccc(N)cc7)cc6)cc5sc4c3)cc2)cc1. The summed E-state index contributed by atoms with van der Waals surface area (Å²) in [5.74, 6) is 0. The molecule has 0 bridgehead atoms. The minimum Gasteiger partial charge on any atom is -0.399 e. The van der Waals surface area contributed by atoms with Crippen LogP contribution in [0, 0.1) is 0 Å². The molecule has 220 valence electrons. The van der Waals surface area contributed by atoms with Crippen LogP contribution in [0.25, 0.3) is 20.2 Å². The minimum absolute atomic E-state index is 0.0352. The highest BCUT2D eigenvalue weighted by atomic mass is 32.1. The average molecular weight is 607 g/mol. The number of hydrogen-bond donors (Lipinski definition) is 6. The zero-order valence-corrected chi connectivity index (χ0v) is 25.0. The summed E-state index contributed by atoms with van der Waals surface area (Å²) in [5, 5.41) is 15.1. The molecule has 0 radical (unpaired) electrons. The number of nitrogens with one attached hydrogen (secondary N) is 4. The molecule has 6 aromatic carbocycles. The first-order valence-electron chi connectivity index (χ1n) is 14.5. The lowest BCUT2D eigenvalue weighted by atomic mass is 10.1. The van der Waals surface area contributed by atoms with Gasteiger partial charge in [-0.2, -0.15) is 0 Å². The quantitative estimate of drug-likeness (QED) is 0.0753. The Morgan fingerprint density at radius 1 is 0.378 bits per heavy atom. The van der Waals surface area contributed by atoms with E-state index in [1.54, 1.807) is 11.3 Å². The van der Waals surface area contributed by atoms with Crippen molar-refractivity contribution in [3.05, 3.63) is 144 Å². The number of benzene rings is 6. The van der Waals surface area contributed by atoms with Crippen LogP contribution in [0.5, 0.6) is 0 Å². The highest BCUT2D eigenvalue weighted by molar-refractivity contribution is 7.24. The zero-order valence-electron chi connectivity index (χ0n) is 24.2. The largest absolute Gasteiger partial charge is 0.399 e. The Balaban J connectivity index is 1.07. The lowest BCUT2D eigenvalue weighted by Crippen LogP contribution is -2.02. The molecule has 0 unspecified atom stereocenters. The van der Waals surface area contributed by atoms with Gasteiger partial charge in [0, 0.05) is 77.0 Å². The van der Waals surface area contributed by atoms with Crippen molar-refractivity contribution >= 4 is 88.4 Å². The maximum atomic E-state index is 13.4. The van der Waals surface area contributed by atoms with Crippen molar-refractivity contribution in [2.75, 3.05) is 32.7 Å². The number of fused-ring (bicyclic) bond motifs is 2. The van der Waals surface area contributed by atoms with Gasteiger partial charge in [0.15, 0.2) is 5.43 Å². The molecule has 8 N–H and O–H groups in total. The van der Waals surface area contributed by atoms with Crippen LogP contribution in [0.15, 0.2) is 138 Å². The van der Waals surface area contributed by atoms with Crippen molar-refractivity contribution < 1.29 is 0 Å². The Bertz CT molecular complexity index is 2020. The number of rotatable bonds is 8. The van der Waals surface area contributed by atoms with Gasteiger partial charge in [0.05, 0.1) is 0 Å². The van der Waals surface area contributed by atoms with E-state index in [9.17, 15) is 4.79 Å². The Kier molecular flexibility index (Phi) is 7.39. The average Bonchev–Trinajstić information content (AvgIpc) is 3.05. The third-order valence-corrected chi connectivity index (χ3v) is 8.53. The van der Waals surface area contributed by atoms with Crippen molar-refractivity contribution in [1.29, 1.82) is 0 Å². The summed E-state index contributed by atoms with van der Waals surface area (Å²) in [5.41, 5.74) is 20.7. The molecule has 0 aliphatic rings. The smallest absolute Gasteiger partial charge is 0.195 e. The molecule has 0 aliphatic carbocycles. The fourth-order valence-electron chi connectivity index (χ4n) is 5.08. The van der Waals surface area contributed by atoms with E-state index in [1.807, 2.05) is 133 Å². The van der Waals surface area contributed by atoms with Crippen molar-refractivity contribution in [2.45, 2.75) is 0 Å². The van der Waals surface area contributed by atoms with Crippen molar-refractivity contribution in [2.24, 2.45) is 0 Å². The van der Waals surface area contributed by atoms with Crippen LogP contribution in [0.2, 0.25) is 0 Å². The molecule has 7 aromatic rings. The van der Waals surface area contributed by atoms with E-state index in [1.165, 1.54) is 0 Å². The lowest BCUT2D eigenvalue weighted by molar-refractivity contribution is 1.52. The summed E-state index contributed by atoms with van der Waals surface area (Å²) in [7, 11) is 0. The summed E-state index contributed by atoms with van der Waals surface area (Å²) in [6.07, 6.45) is 0. The molecule has 0 spiro atoms. The Morgan fingerprint density at radius 2 is 0.644 bits per heavy atom. The summed E-state index contributed by atoms with van der Waals surface area (Å²) in [6.45, 7) is 0. The molecule has 1 aromatic heterocycles. The minimum atomic E-state index is 0.0352. The Hall–Kier alpha value is -5.99. The second kappa shape index (κ2) is 11.9. The summed E-state index contributed by atoms with van der Waals surface area (Å²) >= 11 is 1.61. The fraction of sp³-hybridized carbons (Fsp3) is 0. The Labute approximate surface area is 264 Å². The molecule has 7 rings (SSSR count). The van der Waals surface area contributed by atoms with Crippen LogP contribution in [0.4, 0.5) is 56.9 Å². The highest BCUT2D eigenvalue weighted by Gasteiger charge is 2.09. The zero-order chi connectivity index (χ0) is 30.8. The molecule has 0 fully saturated rings. The normalized spacial score (nSPS) is 10.9. The molecule has 7 nitrogen and oxygen atoms in total. The van der Waals surface area contributed by atoms with Crippen LogP contribution >= 0.6 is 11.3 Å². The van der Waals surface area contributed by atoms with Gasteiger partial charge in [-0.25, -0.2) is 0 Å². The lowest BCUT2D eigenvalue weighted by Gasteiger charge is -2.11. The molecule has 0 amide bonds. The molecule has 0 saturated heterocycles. The number of hydrogen-bond acceptors (Lipinski definition) is 8. The van der Waals surface area contributed by atoms with E-state index >= 15 is 0 Å². The van der Waals surface area contributed by atoms with Gasteiger partial charge in [-0.1, -0.05) is 0 Å². The maximum Gasteiger partial charge on any atom is 0.195 e. The van der Waals surface area contributed by atoms with Crippen LogP contribution < -0.4 is 38.2 Å². The second-order valence-electron chi connectivity index (χ2n) is 10.8. The standard InChI is InChI=1S/C37H30N6OS/c38-23-1-5-25(6-2-23)40-27-9-13-29(14-10-27)42-31-17-19-33-35(21-31)45-36-22-32(18-20-34(36)37(33)44)43-30-15-11-28(12-16-30)41-26-7-3-24(39)4-8-26/h1-22,40-43H,38-39H2. The predicted molar refractivity (Wildman–Crippen MR) is 193 cm³/mol. The van der Waals surface area contributed by atoms with Gasteiger partial charge in [-0.05, 0) is 133 Å². The molecule has 1 heterocycles. The molecule has 0 aliphatic heterocycles.